The van der Waals surface area contributed by atoms with Crippen molar-refractivity contribution in [2.45, 2.75) is 17.9 Å². The highest BCUT2D eigenvalue weighted by atomic mass is 35.5. The van der Waals surface area contributed by atoms with Crippen molar-refractivity contribution in [3.8, 4) is 5.75 Å². The van der Waals surface area contributed by atoms with E-state index in [1.54, 1.807) is 7.11 Å². The first kappa shape index (κ1) is 17.7. The van der Waals surface area contributed by atoms with E-state index in [-0.39, 0.29) is 22.4 Å². The summed E-state index contributed by atoms with van der Waals surface area (Å²) in [5.41, 5.74) is 0. The number of sulfonamides is 1. The molecule has 1 N–H and O–H groups in total. The summed E-state index contributed by atoms with van der Waals surface area (Å²) >= 11 is 5.93. The SMILES string of the molecule is COCCc1noc(CNS(=O)(=O)c2ccc(OC)c(Cl)c2)n1. The molecule has 0 aliphatic carbocycles. The lowest BCUT2D eigenvalue weighted by Gasteiger charge is -2.07. The summed E-state index contributed by atoms with van der Waals surface area (Å²) in [5, 5.41) is 3.93. The Balaban J connectivity index is 2.03. The molecule has 0 aliphatic heterocycles. The average molecular weight is 362 g/mol. The molecule has 0 amide bonds. The highest BCUT2D eigenvalue weighted by molar-refractivity contribution is 7.89. The van der Waals surface area contributed by atoms with E-state index in [1.165, 1.54) is 25.3 Å². The molecular formula is C13H16ClN3O5S. The minimum Gasteiger partial charge on any atom is -0.495 e. The summed E-state index contributed by atoms with van der Waals surface area (Å²) < 4.78 is 41.7. The monoisotopic (exact) mass is 361 g/mol. The highest BCUT2D eigenvalue weighted by Gasteiger charge is 2.17. The lowest BCUT2D eigenvalue weighted by Crippen LogP contribution is -2.23. The first-order valence-electron chi connectivity index (χ1n) is 6.60. The van der Waals surface area contributed by atoms with E-state index in [1.807, 2.05) is 0 Å². The zero-order chi connectivity index (χ0) is 16.9. The van der Waals surface area contributed by atoms with Crippen LogP contribution in [0.2, 0.25) is 5.02 Å². The van der Waals surface area contributed by atoms with Crippen LogP contribution in [0.3, 0.4) is 0 Å². The molecule has 1 aromatic heterocycles. The van der Waals surface area contributed by atoms with Crippen LogP contribution in [-0.4, -0.2) is 39.4 Å². The van der Waals surface area contributed by atoms with Gasteiger partial charge in [-0.25, -0.2) is 13.1 Å². The Kier molecular flexibility index (Phi) is 5.94. The van der Waals surface area contributed by atoms with Gasteiger partial charge in [0.2, 0.25) is 15.9 Å². The van der Waals surface area contributed by atoms with Gasteiger partial charge in [0.1, 0.15) is 5.75 Å². The number of methoxy groups -OCH3 is 2. The van der Waals surface area contributed by atoms with Crippen molar-refractivity contribution < 1.29 is 22.4 Å². The summed E-state index contributed by atoms with van der Waals surface area (Å²) in [4.78, 5) is 4.07. The predicted molar refractivity (Wildman–Crippen MR) is 81.9 cm³/mol. The van der Waals surface area contributed by atoms with Gasteiger partial charge in [0.15, 0.2) is 5.82 Å². The molecule has 1 heterocycles. The number of nitrogens with one attached hydrogen (secondary N) is 1. The zero-order valence-electron chi connectivity index (χ0n) is 12.6. The van der Waals surface area contributed by atoms with E-state index in [4.69, 9.17) is 25.6 Å². The van der Waals surface area contributed by atoms with Crippen LogP contribution in [0.4, 0.5) is 0 Å². The summed E-state index contributed by atoms with van der Waals surface area (Å²) in [6, 6.07) is 4.18. The average Bonchev–Trinajstić information content (AvgIpc) is 2.99. The standard InChI is InChI=1S/C13H16ClN3O5S/c1-20-6-5-12-16-13(22-17-12)8-15-23(18,19)9-3-4-11(21-2)10(14)7-9/h3-4,7,15H,5-6,8H2,1-2H3. The number of aromatic nitrogens is 2. The number of rotatable bonds is 8. The summed E-state index contributed by atoms with van der Waals surface area (Å²) in [7, 11) is -0.743. The number of halogens is 1. The molecule has 23 heavy (non-hydrogen) atoms. The fraction of sp³-hybridized carbons (Fsp3) is 0.385. The second-order valence-corrected chi connectivity index (χ2v) is 6.64. The molecule has 0 aliphatic rings. The van der Waals surface area contributed by atoms with Crippen molar-refractivity contribution in [1.29, 1.82) is 0 Å². The quantitative estimate of drug-likeness (QED) is 0.757. The third kappa shape index (κ3) is 4.64. The number of nitrogens with zero attached hydrogens (tertiary/aromatic N) is 2. The smallest absolute Gasteiger partial charge is 0.241 e. The van der Waals surface area contributed by atoms with Crippen LogP contribution in [0.25, 0.3) is 0 Å². The van der Waals surface area contributed by atoms with Crippen LogP contribution in [0.1, 0.15) is 11.7 Å². The molecule has 8 nitrogen and oxygen atoms in total. The van der Waals surface area contributed by atoms with Gasteiger partial charge >= 0.3 is 0 Å². The summed E-state index contributed by atoms with van der Waals surface area (Å²) in [6.45, 7) is 0.334. The van der Waals surface area contributed by atoms with E-state index < -0.39 is 10.0 Å². The Morgan fingerprint density at radius 2 is 2.13 bits per heavy atom. The van der Waals surface area contributed by atoms with Crippen molar-refractivity contribution in [3.63, 3.8) is 0 Å². The van der Waals surface area contributed by atoms with Gasteiger partial charge in [-0.05, 0) is 18.2 Å². The third-order valence-corrected chi connectivity index (χ3v) is 4.58. The predicted octanol–water partition coefficient (Wildman–Crippen LogP) is 1.40. The molecule has 2 rings (SSSR count). The molecule has 0 radical (unpaired) electrons. The normalized spacial score (nSPS) is 11.6. The molecule has 0 unspecified atom stereocenters. The van der Waals surface area contributed by atoms with Crippen LogP contribution in [0.15, 0.2) is 27.6 Å². The topological polar surface area (TPSA) is 104 Å². The van der Waals surface area contributed by atoms with Crippen molar-refractivity contribution in [3.05, 3.63) is 34.9 Å². The van der Waals surface area contributed by atoms with Gasteiger partial charge in [0.05, 0.1) is 30.2 Å². The summed E-state index contributed by atoms with van der Waals surface area (Å²) in [5.74, 6) is 1.01. The Bertz CT molecular complexity index is 763. The number of hydrogen-bond acceptors (Lipinski definition) is 7. The largest absolute Gasteiger partial charge is 0.495 e. The maximum atomic E-state index is 12.2. The molecule has 10 heteroatoms. The second-order valence-electron chi connectivity index (χ2n) is 4.47. The maximum Gasteiger partial charge on any atom is 0.241 e. The number of benzene rings is 1. The Morgan fingerprint density at radius 3 is 2.78 bits per heavy atom. The molecule has 0 saturated heterocycles. The maximum absolute atomic E-state index is 12.2. The van der Waals surface area contributed by atoms with Crippen molar-refractivity contribution in [2.75, 3.05) is 20.8 Å². The number of hydrogen-bond donors (Lipinski definition) is 1. The van der Waals surface area contributed by atoms with E-state index in [9.17, 15) is 8.42 Å². The lowest BCUT2D eigenvalue weighted by atomic mass is 10.3. The Morgan fingerprint density at radius 1 is 1.35 bits per heavy atom. The second kappa shape index (κ2) is 7.73. The molecular weight excluding hydrogens is 346 g/mol. The molecule has 0 saturated carbocycles. The van der Waals surface area contributed by atoms with Gasteiger partial charge in [-0.1, -0.05) is 16.8 Å². The van der Waals surface area contributed by atoms with E-state index in [0.717, 1.165) is 0 Å². The molecule has 2 aromatic rings. The van der Waals surface area contributed by atoms with Gasteiger partial charge in [0, 0.05) is 13.5 Å². The Labute approximate surface area is 138 Å². The third-order valence-electron chi connectivity index (χ3n) is 2.89. The zero-order valence-corrected chi connectivity index (χ0v) is 14.1. The van der Waals surface area contributed by atoms with Crippen LogP contribution in [0, 0.1) is 0 Å². The Hall–Kier alpha value is -1.68. The van der Waals surface area contributed by atoms with Crippen LogP contribution < -0.4 is 9.46 Å². The molecule has 0 atom stereocenters. The molecule has 0 bridgehead atoms. The minimum atomic E-state index is -3.76. The molecule has 126 valence electrons. The van der Waals surface area contributed by atoms with Crippen molar-refractivity contribution >= 4 is 21.6 Å². The first-order valence-corrected chi connectivity index (χ1v) is 8.46. The minimum absolute atomic E-state index is 0.0161. The van der Waals surface area contributed by atoms with Crippen LogP contribution >= 0.6 is 11.6 Å². The van der Waals surface area contributed by atoms with Gasteiger partial charge in [0.25, 0.3) is 0 Å². The number of ether oxygens (including phenoxy) is 2. The van der Waals surface area contributed by atoms with E-state index in [2.05, 4.69) is 14.9 Å². The van der Waals surface area contributed by atoms with Gasteiger partial charge < -0.3 is 14.0 Å². The highest BCUT2D eigenvalue weighted by Crippen LogP contribution is 2.26. The van der Waals surface area contributed by atoms with Gasteiger partial charge in [-0.15, -0.1) is 0 Å². The first-order chi connectivity index (χ1) is 11.0. The van der Waals surface area contributed by atoms with Crippen LogP contribution in [0.5, 0.6) is 5.75 Å². The fourth-order valence-corrected chi connectivity index (χ4v) is 3.03. The summed E-state index contributed by atoms with van der Waals surface area (Å²) in [6.07, 6.45) is 0.487. The molecule has 0 fully saturated rings. The van der Waals surface area contributed by atoms with E-state index in [0.29, 0.717) is 24.6 Å². The van der Waals surface area contributed by atoms with Crippen molar-refractivity contribution in [1.82, 2.24) is 14.9 Å². The van der Waals surface area contributed by atoms with Crippen molar-refractivity contribution in [2.24, 2.45) is 0 Å². The van der Waals surface area contributed by atoms with E-state index >= 15 is 0 Å². The lowest BCUT2D eigenvalue weighted by molar-refractivity contribution is 0.199. The van der Waals surface area contributed by atoms with Crippen LogP contribution in [-0.2, 0) is 27.7 Å². The van der Waals surface area contributed by atoms with Gasteiger partial charge in [-0.3, -0.25) is 0 Å². The molecule has 1 aromatic carbocycles. The molecule has 0 spiro atoms. The van der Waals surface area contributed by atoms with Gasteiger partial charge in [-0.2, -0.15) is 4.98 Å². The fourth-order valence-electron chi connectivity index (χ4n) is 1.71.